The lowest BCUT2D eigenvalue weighted by Crippen LogP contribution is -2.46. The molecule has 1 fully saturated rings. The summed E-state index contributed by atoms with van der Waals surface area (Å²) in [5.41, 5.74) is 4.42. The van der Waals surface area contributed by atoms with E-state index in [-0.39, 0.29) is 0 Å². The van der Waals surface area contributed by atoms with Gasteiger partial charge in [-0.1, -0.05) is 60.7 Å². The molecule has 3 heterocycles. The summed E-state index contributed by atoms with van der Waals surface area (Å²) in [6.07, 6.45) is 6.14. The van der Waals surface area contributed by atoms with Crippen LogP contribution in [0.25, 0.3) is 28.0 Å². The Labute approximate surface area is 164 Å². The van der Waals surface area contributed by atoms with E-state index in [4.69, 9.17) is 0 Å². The highest BCUT2D eigenvalue weighted by molar-refractivity contribution is 6.08. The zero-order valence-corrected chi connectivity index (χ0v) is 15.8. The molecular weight excluding hydrogens is 346 g/mol. The van der Waals surface area contributed by atoms with Crippen LogP contribution in [0, 0.1) is 0 Å². The number of nitrogens with zero attached hydrogens (tertiary/aromatic N) is 4. The predicted molar refractivity (Wildman–Crippen MR) is 116 cm³/mol. The van der Waals surface area contributed by atoms with Crippen LogP contribution in [-0.2, 0) is 0 Å². The molecule has 5 heteroatoms. The Morgan fingerprint density at radius 2 is 1.68 bits per heavy atom. The minimum absolute atomic E-state index is 0.973. The van der Waals surface area contributed by atoms with Gasteiger partial charge in [-0.25, -0.2) is 9.97 Å². The SMILES string of the molecule is C(=Cc1ccccc1)CN1CCN(c2ncnc3c2[nH]c2ccccc23)CC1. The number of anilines is 1. The van der Waals surface area contributed by atoms with Crippen molar-refractivity contribution in [3.8, 4) is 0 Å². The highest BCUT2D eigenvalue weighted by atomic mass is 15.3. The van der Waals surface area contributed by atoms with Gasteiger partial charge in [-0.15, -0.1) is 0 Å². The van der Waals surface area contributed by atoms with E-state index in [1.807, 2.05) is 12.1 Å². The van der Waals surface area contributed by atoms with Gasteiger partial charge in [0.15, 0.2) is 5.82 Å². The van der Waals surface area contributed by atoms with Crippen LogP contribution in [0.4, 0.5) is 5.82 Å². The van der Waals surface area contributed by atoms with E-state index in [1.54, 1.807) is 6.33 Å². The maximum Gasteiger partial charge on any atom is 0.156 e. The van der Waals surface area contributed by atoms with Crippen LogP contribution in [0.3, 0.4) is 0 Å². The van der Waals surface area contributed by atoms with Crippen molar-refractivity contribution in [2.75, 3.05) is 37.6 Å². The van der Waals surface area contributed by atoms with Gasteiger partial charge in [0.25, 0.3) is 0 Å². The van der Waals surface area contributed by atoms with Gasteiger partial charge in [-0.3, -0.25) is 4.90 Å². The molecule has 1 aliphatic heterocycles. The van der Waals surface area contributed by atoms with E-state index in [9.17, 15) is 0 Å². The standard InChI is InChI=1S/C23H23N5/c1-2-7-18(8-3-1)9-6-12-27-13-15-28(16-14-27)23-22-21(24-17-25-23)19-10-4-5-11-20(19)26-22/h1-11,17,26H,12-16H2. The Hall–Kier alpha value is -3.18. The molecule has 0 saturated carbocycles. The van der Waals surface area contributed by atoms with Crippen molar-refractivity contribution in [2.45, 2.75) is 0 Å². The zero-order valence-electron chi connectivity index (χ0n) is 15.8. The number of fused-ring (bicyclic) bond motifs is 3. The molecule has 0 spiro atoms. The van der Waals surface area contributed by atoms with Crippen molar-refractivity contribution in [1.29, 1.82) is 0 Å². The average Bonchev–Trinajstić information content (AvgIpc) is 3.14. The van der Waals surface area contributed by atoms with Crippen molar-refractivity contribution in [1.82, 2.24) is 19.9 Å². The molecule has 5 rings (SSSR count). The summed E-state index contributed by atoms with van der Waals surface area (Å²) in [5.74, 6) is 1.01. The molecule has 140 valence electrons. The molecule has 2 aromatic carbocycles. The monoisotopic (exact) mass is 369 g/mol. The summed E-state index contributed by atoms with van der Waals surface area (Å²) in [7, 11) is 0. The van der Waals surface area contributed by atoms with Crippen molar-refractivity contribution in [2.24, 2.45) is 0 Å². The molecule has 4 aromatic rings. The number of hydrogen-bond acceptors (Lipinski definition) is 4. The van der Waals surface area contributed by atoms with Crippen LogP contribution in [0.15, 0.2) is 67.0 Å². The van der Waals surface area contributed by atoms with Gasteiger partial charge in [0.1, 0.15) is 17.4 Å². The Morgan fingerprint density at radius 3 is 2.54 bits per heavy atom. The quantitative estimate of drug-likeness (QED) is 0.592. The summed E-state index contributed by atoms with van der Waals surface area (Å²) in [4.78, 5) is 17.5. The molecule has 0 aliphatic carbocycles. The van der Waals surface area contributed by atoms with Crippen LogP contribution in [0.1, 0.15) is 5.56 Å². The smallest absolute Gasteiger partial charge is 0.156 e. The number of hydrogen-bond donors (Lipinski definition) is 1. The third kappa shape index (κ3) is 3.25. The van der Waals surface area contributed by atoms with Gasteiger partial charge in [0, 0.05) is 43.6 Å². The second-order valence-electron chi connectivity index (χ2n) is 7.19. The molecule has 2 aromatic heterocycles. The summed E-state index contributed by atoms with van der Waals surface area (Å²) < 4.78 is 0. The molecule has 1 N–H and O–H groups in total. The fraction of sp³-hybridized carbons (Fsp3) is 0.217. The number of rotatable bonds is 4. The number of H-pyrrole nitrogens is 1. The van der Waals surface area contributed by atoms with Gasteiger partial charge in [0.2, 0.25) is 0 Å². The van der Waals surface area contributed by atoms with E-state index >= 15 is 0 Å². The summed E-state index contributed by atoms with van der Waals surface area (Å²) in [6, 6.07) is 18.8. The van der Waals surface area contributed by atoms with Crippen molar-refractivity contribution >= 4 is 33.8 Å². The van der Waals surface area contributed by atoms with Crippen LogP contribution in [0.5, 0.6) is 0 Å². The van der Waals surface area contributed by atoms with E-state index in [1.165, 1.54) is 5.56 Å². The van der Waals surface area contributed by atoms with Crippen molar-refractivity contribution in [3.05, 3.63) is 72.6 Å². The minimum Gasteiger partial charge on any atom is -0.352 e. The lowest BCUT2D eigenvalue weighted by atomic mass is 10.2. The Kier molecular flexibility index (Phi) is 4.51. The van der Waals surface area contributed by atoms with E-state index < -0.39 is 0 Å². The second-order valence-corrected chi connectivity index (χ2v) is 7.19. The first-order valence-corrected chi connectivity index (χ1v) is 9.79. The maximum absolute atomic E-state index is 4.60. The molecule has 0 amide bonds. The number of piperazine rings is 1. The first kappa shape index (κ1) is 17.0. The minimum atomic E-state index is 0.973. The van der Waals surface area contributed by atoms with E-state index in [0.29, 0.717) is 0 Å². The predicted octanol–water partition coefficient (Wildman–Crippen LogP) is 3.95. The fourth-order valence-corrected chi connectivity index (χ4v) is 3.91. The van der Waals surface area contributed by atoms with Crippen molar-refractivity contribution < 1.29 is 0 Å². The van der Waals surface area contributed by atoms with Gasteiger partial charge in [-0.05, 0) is 11.6 Å². The van der Waals surface area contributed by atoms with E-state index in [0.717, 1.165) is 60.5 Å². The van der Waals surface area contributed by atoms with Gasteiger partial charge in [0.05, 0.1) is 0 Å². The normalized spacial score (nSPS) is 15.8. The average molecular weight is 369 g/mol. The number of aromatic amines is 1. The van der Waals surface area contributed by atoms with Gasteiger partial charge < -0.3 is 9.88 Å². The summed E-state index contributed by atoms with van der Waals surface area (Å²) in [5, 5.41) is 1.16. The Morgan fingerprint density at radius 1 is 0.893 bits per heavy atom. The highest BCUT2D eigenvalue weighted by Crippen LogP contribution is 2.29. The molecule has 0 radical (unpaired) electrons. The second kappa shape index (κ2) is 7.44. The van der Waals surface area contributed by atoms with Gasteiger partial charge >= 0.3 is 0 Å². The zero-order chi connectivity index (χ0) is 18.8. The summed E-state index contributed by atoms with van der Waals surface area (Å²) in [6.45, 7) is 4.99. The molecule has 28 heavy (non-hydrogen) atoms. The van der Waals surface area contributed by atoms with Crippen LogP contribution < -0.4 is 4.90 Å². The highest BCUT2D eigenvalue weighted by Gasteiger charge is 2.20. The molecule has 1 aliphatic rings. The summed E-state index contributed by atoms with van der Waals surface area (Å²) >= 11 is 0. The third-order valence-electron chi connectivity index (χ3n) is 5.41. The fourth-order valence-electron chi connectivity index (χ4n) is 3.91. The molecule has 5 nitrogen and oxygen atoms in total. The van der Waals surface area contributed by atoms with E-state index in [2.05, 4.69) is 79.4 Å². The Bertz CT molecular complexity index is 1110. The van der Waals surface area contributed by atoms with Gasteiger partial charge in [-0.2, -0.15) is 0 Å². The Balaban J connectivity index is 1.29. The lowest BCUT2D eigenvalue weighted by molar-refractivity contribution is 0.284. The molecule has 0 bridgehead atoms. The van der Waals surface area contributed by atoms with Crippen LogP contribution >= 0.6 is 0 Å². The topological polar surface area (TPSA) is 48.1 Å². The number of nitrogens with one attached hydrogen (secondary N) is 1. The molecular formula is C23H23N5. The molecule has 0 unspecified atom stereocenters. The lowest BCUT2D eigenvalue weighted by Gasteiger charge is -2.34. The van der Waals surface area contributed by atoms with Crippen LogP contribution in [0.2, 0.25) is 0 Å². The first-order valence-electron chi connectivity index (χ1n) is 9.79. The largest absolute Gasteiger partial charge is 0.352 e. The molecule has 0 atom stereocenters. The third-order valence-corrected chi connectivity index (χ3v) is 5.41. The molecule has 1 saturated heterocycles. The van der Waals surface area contributed by atoms with Crippen LogP contribution in [-0.4, -0.2) is 52.6 Å². The number of aromatic nitrogens is 3. The number of benzene rings is 2. The number of para-hydroxylation sites is 1. The first-order chi connectivity index (χ1) is 13.9. The van der Waals surface area contributed by atoms with Crippen molar-refractivity contribution in [3.63, 3.8) is 0 Å². The maximum atomic E-state index is 4.60.